The first-order valence-electron chi connectivity index (χ1n) is 4.21. The molecule has 78 valence electrons. The van der Waals surface area contributed by atoms with Gasteiger partial charge in [-0.3, -0.25) is 4.79 Å². The smallest absolute Gasteiger partial charge is 0.320 e. The quantitative estimate of drug-likeness (QED) is 0.865. The molecule has 1 unspecified atom stereocenters. The number of aliphatic carboxylic acids is 1. The van der Waals surface area contributed by atoms with Gasteiger partial charge in [-0.05, 0) is 30.2 Å². The number of hydrogen-bond acceptors (Lipinski definition) is 3. The second-order valence-electron chi connectivity index (χ2n) is 3.07. The number of carboxylic acids is 1. The molecule has 3 N–H and O–H groups in total. The highest BCUT2D eigenvalue weighted by atomic mass is 79.9. The fourth-order valence-corrected chi connectivity index (χ4v) is 1.53. The topological polar surface area (TPSA) is 87.1 Å². The summed E-state index contributed by atoms with van der Waals surface area (Å²) in [7, 11) is 0. The maximum absolute atomic E-state index is 10.6. The monoisotopic (exact) mass is 268 g/mol. The molecule has 0 bridgehead atoms. The zero-order chi connectivity index (χ0) is 11.4. The molecular weight excluding hydrogens is 260 g/mol. The molecule has 0 saturated carbocycles. The molecular formula is C10H9BrN2O2. The van der Waals surface area contributed by atoms with Crippen LogP contribution >= 0.6 is 15.9 Å². The Morgan fingerprint density at radius 2 is 2.33 bits per heavy atom. The van der Waals surface area contributed by atoms with Gasteiger partial charge in [0.1, 0.15) is 6.04 Å². The Hall–Kier alpha value is -1.38. The summed E-state index contributed by atoms with van der Waals surface area (Å²) in [5.74, 6) is -1.05. The van der Waals surface area contributed by atoms with Gasteiger partial charge in [-0.2, -0.15) is 5.26 Å². The van der Waals surface area contributed by atoms with E-state index in [1.54, 1.807) is 18.2 Å². The van der Waals surface area contributed by atoms with E-state index >= 15 is 0 Å². The Labute approximate surface area is 95.4 Å². The minimum absolute atomic E-state index is 0.200. The molecule has 0 saturated heterocycles. The van der Waals surface area contributed by atoms with E-state index in [-0.39, 0.29) is 6.42 Å². The average Bonchev–Trinajstić information content (AvgIpc) is 2.21. The fourth-order valence-electron chi connectivity index (χ4n) is 1.12. The summed E-state index contributed by atoms with van der Waals surface area (Å²) in [6, 6.07) is 6.03. The number of nitrogens with zero attached hydrogens (tertiary/aromatic N) is 1. The number of halogens is 1. The first kappa shape index (κ1) is 11.7. The third-order valence-corrected chi connectivity index (χ3v) is 2.71. The van der Waals surface area contributed by atoms with Crippen LogP contribution in [0.25, 0.3) is 0 Å². The average molecular weight is 269 g/mol. The molecule has 15 heavy (non-hydrogen) atoms. The number of carboxylic acid groups (broad SMARTS) is 1. The second kappa shape index (κ2) is 4.91. The lowest BCUT2D eigenvalue weighted by Gasteiger charge is -2.08. The molecule has 0 heterocycles. The predicted molar refractivity (Wildman–Crippen MR) is 58.2 cm³/mol. The number of carbonyl (C=O) groups is 1. The van der Waals surface area contributed by atoms with Crippen molar-refractivity contribution in [1.29, 1.82) is 5.26 Å². The summed E-state index contributed by atoms with van der Waals surface area (Å²) in [5.41, 5.74) is 6.62. The molecule has 0 fully saturated rings. The zero-order valence-corrected chi connectivity index (χ0v) is 9.36. The van der Waals surface area contributed by atoms with Gasteiger partial charge < -0.3 is 10.8 Å². The van der Waals surface area contributed by atoms with Crippen molar-refractivity contribution in [3.63, 3.8) is 0 Å². The lowest BCUT2D eigenvalue weighted by molar-refractivity contribution is -0.138. The van der Waals surface area contributed by atoms with Gasteiger partial charge in [0.05, 0.1) is 11.6 Å². The van der Waals surface area contributed by atoms with Crippen molar-refractivity contribution < 1.29 is 9.90 Å². The van der Waals surface area contributed by atoms with Gasteiger partial charge in [0.25, 0.3) is 0 Å². The van der Waals surface area contributed by atoms with Crippen LogP contribution in [0.15, 0.2) is 22.7 Å². The van der Waals surface area contributed by atoms with E-state index in [9.17, 15) is 4.79 Å². The highest BCUT2D eigenvalue weighted by molar-refractivity contribution is 9.10. The van der Waals surface area contributed by atoms with E-state index < -0.39 is 12.0 Å². The normalized spacial score (nSPS) is 11.8. The van der Waals surface area contributed by atoms with Crippen molar-refractivity contribution in [2.45, 2.75) is 12.5 Å². The van der Waals surface area contributed by atoms with Gasteiger partial charge in [-0.25, -0.2) is 0 Å². The maximum atomic E-state index is 10.6. The van der Waals surface area contributed by atoms with Crippen LogP contribution in [0.3, 0.4) is 0 Å². The molecule has 5 heteroatoms. The molecule has 1 rings (SSSR count). The van der Waals surface area contributed by atoms with Crippen LogP contribution in [0.1, 0.15) is 11.1 Å². The number of nitrogens with two attached hydrogens (primary N) is 1. The van der Waals surface area contributed by atoms with Crippen molar-refractivity contribution in [2.24, 2.45) is 5.73 Å². The van der Waals surface area contributed by atoms with Crippen LogP contribution in [0.4, 0.5) is 0 Å². The van der Waals surface area contributed by atoms with Crippen molar-refractivity contribution in [3.8, 4) is 6.07 Å². The van der Waals surface area contributed by atoms with E-state index in [1.807, 2.05) is 6.07 Å². The van der Waals surface area contributed by atoms with E-state index in [0.717, 1.165) is 10.0 Å². The Morgan fingerprint density at radius 3 is 2.87 bits per heavy atom. The predicted octanol–water partition coefficient (Wildman–Crippen LogP) is 1.28. The molecule has 0 aliphatic carbocycles. The van der Waals surface area contributed by atoms with Gasteiger partial charge in [0.2, 0.25) is 0 Å². The highest BCUT2D eigenvalue weighted by Crippen LogP contribution is 2.19. The number of hydrogen-bond donors (Lipinski definition) is 2. The molecule has 0 aromatic heterocycles. The van der Waals surface area contributed by atoms with Gasteiger partial charge in [-0.15, -0.1) is 0 Å². The van der Waals surface area contributed by atoms with Crippen molar-refractivity contribution in [2.75, 3.05) is 0 Å². The molecule has 1 atom stereocenters. The van der Waals surface area contributed by atoms with E-state index in [0.29, 0.717) is 5.56 Å². The van der Waals surface area contributed by atoms with E-state index in [1.165, 1.54) is 0 Å². The summed E-state index contributed by atoms with van der Waals surface area (Å²) in [6.07, 6.45) is 0.200. The number of benzene rings is 1. The summed E-state index contributed by atoms with van der Waals surface area (Å²) in [5, 5.41) is 17.3. The highest BCUT2D eigenvalue weighted by Gasteiger charge is 2.14. The van der Waals surface area contributed by atoms with Gasteiger partial charge in [0.15, 0.2) is 0 Å². The van der Waals surface area contributed by atoms with Crippen LogP contribution in [0, 0.1) is 11.3 Å². The van der Waals surface area contributed by atoms with Crippen LogP contribution in [-0.4, -0.2) is 17.1 Å². The Morgan fingerprint density at radius 1 is 1.67 bits per heavy atom. The number of rotatable bonds is 3. The summed E-state index contributed by atoms with van der Waals surface area (Å²) >= 11 is 3.28. The minimum Gasteiger partial charge on any atom is -0.480 e. The Balaban J connectivity index is 2.94. The molecule has 0 radical (unpaired) electrons. The fraction of sp³-hybridized carbons (Fsp3) is 0.200. The third kappa shape index (κ3) is 3.05. The Kier molecular flexibility index (Phi) is 3.83. The first-order chi connectivity index (χ1) is 7.04. The molecule has 0 amide bonds. The van der Waals surface area contributed by atoms with Gasteiger partial charge in [0, 0.05) is 4.47 Å². The van der Waals surface area contributed by atoms with Crippen LogP contribution in [-0.2, 0) is 11.2 Å². The van der Waals surface area contributed by atoms with Gasteiger partial charge in [-0.1, -0.05) is 15.9 Å². The van der Waals surface area contributed by atoms with Gasteiger partial charge >= 0.3 is 5.97 Å². The van der Waals surface area contributed by atoms with Crippen LogP contribution in [0.5, 0.6) is 0 Å². The summed E-state index contributed by atoms with van der Waals surface area (Å²) in [6.45, 7) is 0. The molecule has 0 spiro atoms. The SMILES string of the molecule is N#Cc1ccc(Br)c(CC(N)C(=O)O)c1. The molecule has 4 nitrogen and oxygen atoms in total. The van der Waals surface area contributed by atoms with Crippen LogP contribution in [0.2, 0.25) is 0 Å². The van der Waals surface area contributed by atoms with E-state index in [4.69, 9.17) is 16.1 Å². The third-order valence-electron chi connectivity index (χ3n) is 1.93. The van der Waals surface area contributed by atoms with Crippen LogP contribution < -0.4 is 5.73 Å². The standard InChI is InChI=1S/C10H9BrN2O2/c11-8-2-1-6(5-12)3-7(8)4-9(13)10(14)15/h1-3,9H,4,13H2,(H,14,15). The summed E-state index contributed by atoms with van der Waals surface area (Å²) < 4.78 is 0.762. The molecule has 1 aromatic carbocycles. The van der Waals surface area contributed by atoms with E-state index in [2.05, 4.69) is 15.9 Å². The largest absolute Gasteiger partial charge is 0.480 e. The minimum atomic E-state index is -1.05. The zero-order valence-electron chi connectivity index (χ0n) is 7.77. The number of nitriles is 1. The first-order valence-corrected chi connectivity index (χ1v) is 5.01. The maximum Gasteiger partial charge on any atom is 0.320 e. The van der Waals surface area contributed by atoms with Crippen molar-refractivity contribution in [3.05, 3.63) is 33.8 Å². The molecule has 1 aromatic rings. The summed E-state index contributed by atoms with van der Waals surface area (Å²) in [4.78, 5) is 10.6. The second-order valence-corrected chi connectivity index (χ2v) is 3.92. The Bertz CT molecular complexity index is 426. The van der Waals surface area contributed by atoms with Crippen molar-refractivity contribution in [1.82, 2.24) is 0 Å². The lowest BCUT2D eigenvalue weighted by Crippen LogP contribution is -2.32. The van der Waals surface area contributed by atoms with Crippen molar-refractivity contribution >= 4 is 21.9 Å². The molecule has 0 aliphatic rings. The molecule has 0 aliphatic heterocycles. The lowest BCUT2D eigenvalue weighted by atomic mass is 10.0.